The molecule has 1 N–H and O–H groups in total. The van der Waals surface area contributed by atoms with Crippen LogP contribution in [-0.2, 0) is 12.8 Å². The van der Waals surface area contributed by atoms with E-state index in [1.807, 2.05) is 7.05 Å². The van der Waals surface area contributed by atoms with Gasteiger partial charge < -0.3 is 5.32 Å². The lowest BCUT2D eigenvalue weighted by Gasteiger charge is -2.34. The SMILES string of the molecule is CNC1c2ccccc2CCC1Cc1cc(F)ccc1Cl. The molecule has 0 radical (unpaired) electrons. The molecule has 2 atom stereocenters. The molecule has 3 heteroatoms. The summed E-state index contributed by atoms with van der Waals surface area (Å²) in [5.74, 6) is 0.218. The fraction of sp³-hybridized carbons (Fsp3) is 0.333. The Bertz CT molecular complexity index is 641. The molecule has 0 fully saturated rings. The topological polar surface area (TPSA) is 12.0 Å². The number of benzene rings is 2. The van der Waals surface area contributed by atoms with Gasteiger partial charge in [-0.05, 0) is 67.1 Å². The van der Waals surface area contributed by atoms with Crippen LogP contribution in [0.15, 0.2) is 42.5 Å². The second kappa shape index (κ2) is 6.17. The molecule has 0 heterocycles. The highest BCUT2D eigenvalue weighted by Gasteiger charge is 2.28. The van der Waals surface area contributed by atoms with Gasteiger partial charge in [0.05, 0.1) is 0 Å². The first-order chi connectivity index (χ1) is 10.2. The van der Waals surface area contributed by atoms with Gasteiger partial charge >= 0.3 is 0 Å². The summed E-state index contributed by atoms with van der Waals surface area (Å²) in [7, 11) is 1.99. The molecule has 2 aromatic carbocycles. The third kappa shape index (κ3) is 2.97. The molecule has 2 unspecified atom stereocenters. The van der Waals surface area contributed by atoms with Gasteiger partial charge in [-0.3, -0.25) is 0 Å². The van der Waals surface area contributed by atoms with Crippen molar-refractivity contribution in [2.75, 3.05) is 7.05 Å². The number of hydrogen-bond acceptors (Lipinski definition) is 1. The summed E-state index contributed by atoms with van der Waals surface area (Å²) in [6.45, 7) is 0. The third-order valence-electron chi connectivity index (χ3n) is 4.45. The predicted molar refractivity (Wildman–Crippen MR) is 85.2 cm³/mol. The van der Waals surface area contributed by atoms with Crippen LogP contribution < -0.4 is 5.32 Å². The van der Waals surface area contributed by atoms with Crippen molar-refractivity contribution in [3.05, 3.63) is 70.0 Å². The van der Waals surface area contributed by atoms with E-state index >= 15 is 0 Å². The van der Waals surface area contributed by atoms with Crippen LogP contribution >= 0.6 is 11.6 Å². The Balaban J connectivity index is 1.88. The van der Waals surface area contributed by atoms with Gasteiger partial charge in [-0.1, -0.05) is 35.9 Å². The van der Waals surface area contributed by atoms with Crippen LogP contribution in [0.5, 0.6) is 0 Å². The maximum atomic E-state index is 13.4. The normalized spacial score (nSPS) is 21.1. The van der Waals surface area contributed by atoms with E-state index in [-0.39, 0.29) is 5.82 Å². The molecule has 0 bridgehead atoms. The zero-order valence-corrected chi connectivity index (χ0v) is 12.8. The molecule has 0 saturated heterocycles. The van der Waals surface area contributed by atoms with Crippen molar-refractivity contribution in [3.63, 3.8) is 0 Å². The van der Waals surface area contributed by atoms with E-state index in [0.29, 0.717) is 17.0 Å². The molecule has 3 rings (SSSR count). The van der Waals surface area contributed by atoms with Crippen molar-refractivity contribution in [1.82, 2.24) is 5.32 Å². The monoisotopic (exact) mass is 303 g/mol. The Morgan fingerprint density at radius 2 is 2.05 bits per heavy atom. The van der Waals surface area contributed by atoms with Crippen LogP contribution in [0.3, 0.4) is 0 Å². The summed E-state index contributed by atoms with van der Waals surface area (Å²) in [4.78, 5) is 0. The Labute approximate surface area is 130 Å². The van der Waals surface area contributed by atoms with Gasteiger partial charge in [0, 0.05) is 11.1 Å². The second-order valence-electron chi connectivity index (χ2n) is 5.70. The first-order valence-corrected chi connectivity index (χ1v) is 7.76. The zero-order valence-electron chi connectivity index (χ0n) is 12.1. The zero-order chi connectivity index (χ0) is 14.8. The Hall–Kier alpha value is -1.38. The van der Waals surface area contributed by atoms with Crippen LogP contribution in [0.4, 0.5) is 4.39 Å². The molecule has 1 nitrogen and oxygen atoms in total. The van der Waals surface area contributed by atoms with Gasteiger partial charge in [0.25, 0.3) is 0 Å². The standard InChI is InChI=1S/C18H19ClFN/c1-21-18-13(7-6-12-4-2-3-5-16(12)18)10-14-11-15(20)8-9-17(14)19/h2-5,8-9,11,13,18,21H,6-7,10H2,1H3. The lowest BCUT2D eigenvalue weighted by Crippen LogP contribution is -2.31. The lowest BCUT2D eigenvalue weighted by molar-refractivity contribution is 0.334. The van der Waals surface area contributed by atoms with Gasteiger partial charge in [0.2, 0.25) is 0 Å². The van der Waals surface area contributed by atoms with Crippen LogP contribution in [0, 0.1) is 11.7 Å². The van der Waals surface area contributed by atoms with Gasteiger partial charge in [0.1, 0.15) is 5.82 Å². The highest BCUT2D eigenvalue weighted by Crippen LogP contribution is 2.37. The first kappa shape index (κ1) is 14.6. The minimum atomic E-state index is -0.216. The number of aryl methyl sites for hydroxylation is 1. The van der Waals surface area contributed by atoms with Gasteiger partial charge in [-0.25, -0.2) is 4.39 Å². The quantitative estimate of drug-likeness (QED) is 0.877. The predicted octanol–water partition coefficient (Wildman–Crippen LogP) is 4.54. The molecule has 0 amide bonds. The van der Waals surface area contributed by atoms with E-state index in [2.05, 4.69) is 29.6 Å². The van der Waals surface area contributed by atoms with Gasteiger partial charge in [-0.15, -0.1) is 0 Å². The van der Waals surface area contributed by atoms with E-state index in [9.17, 15) is 4.39 Å². The summed E-state index contributed by atoms with van der Waals surface area (Å²) >= 11 is 6.22. The number of rotatable bonds is 3. The number of halogens is 2. The van der Waals surface area contributed by atoms with Crippen LogP contribution in [0.25, 0.3) is 0 Å². The fourth-order valence-electron chi connectivity index (χ4n) is 3.42. The first-order valence-electron chi connectivity index (χ1n) is 7.38. The fourth-order valence-corrected chi connectivity index (χ4v) is 3.61. The van der Waals surface area contributed by atoms with Crippen molar-refractivity contribution in [1.29, 1.82) is 0 Å². The average Bonchev–Trinajstić information content (AvgIpc) is 2.50. The molecule has 21 heavy (non-hydrogen) atoms. The smallest absolute Gasteiger partial charge is 0.123 e. The number of fused-ring (bicyclic) bond motifs is 1. The van der Waals surface area contributed by atoms with Crippen molar-refractivity contribution < 1.29 is 4.39 Å². The highest BCUT2D eigenvalue weighted by molar-refractivity contribution is 6.31. The van der Waals surface area contributed by atoms with E-state index in [1.54, 1.807) is 12.1 Å². The summed E-state index contributed by atoms with van der Waals surface area (Å²) < 4.78 is 13.4. The highest BCUT2D eigenvalue weighted by atomic mass is 35.5. The van der Waals surface area contributed by atoms with Gasteiger partial charge in [-0.2, -0.15) is 0 Å². The summed E-state index contributed by atoms with van der Waals surface area (Å²) in [5, 5.41) is 4.09. The summed E-state index contributed by atoms with van der Waals surface area (Å²) in [5.41, 5.74) is 3.68. The average molecular weight is 304 g/mol. The van der Waals surface area contributed by atoms with E-state index < -0.39 is 0 Å². The van der Waals surface area contributed by atoms with Crippen LogP contribution in [-0.4, -0.2) is 7.05 Å². The summed E-state index contributed by atoms with van der Waals surface area (Å²) in [6.07, 6.45) is 2.97. The van der Waals surface area contributed by atoms with Crippen LogP contribution in [0.2, 0.25) is 5.02 Å². The number of hydrogen-bond donors (Lipinski definition) is 1. The molecule has 1 aliphatic carbocycles. The van der Waals surface area contributed by atoms with Crippen molar-refractivity contribution in [2.45, 2.75) is 25.3 Å². The Kier molecular flexibility index (Phi) is 4.27. The largest absolute Gasteiger partial charge is 0.313 e. The minimum Gasteiger partial charge on any atom is -0.313 e. The Morgan fingerprint density at radius 3 is 2.86 bits per heavy atom. The van der Waals surface area contributed by atoms with Crippen molar-refractivity contribution in [3.8, 4) is 0 Å². The Morgan fingerprint density at radius 1 is 1.24 bits per heavy atom. The third-order valence-corrected chi connectivity index (χ3v) is 4.82. The molecule has 0 spiro atoms. The van der Waals surface area contributed by atoms with Crippen molar-refractivity contribution >= 4 is 11.6 Å². The second-order valence-corrected chi connectivity index (χ2v) is 6.11. The molecule has 2 aromatic rings. The minimum absolute atomic E-state index is 0.216. The van der Waals surface area contributed by atoms with E-state index in [1.165, 1.54) is 17.2 Å². The maximum absolute atomic E-state index is 13.4. The van der Waals surface area contributed by atoms with Crippen molar-refractivity contribution in [2.24, 2.45) is 5.92 Å². The molecule has 0 saturated carbocycles. The molecule has 1 aliphatic rings. The molecular formula is C18H19ClFN. The van der Waals surface area contributed by atoms with E-state index in [0.717, 1.165) is 24.8 Å². The molecule has 0 aromatic heterocycles. The maximum Gasteiger partial charge on any atom is 0.123 e. The van der Waals surface area contributed by atoms with E-state index in [4.69, 9.17) is 11.6 Å². The molecular weight excluding hydrogens is 285 g/mol. The van der Waals surface area contributed by atoms with Gasteiger partial charge in [0.15, 0.2) is 0 Å². The number of nitrogens with one attached hydrogen (secondary N) is 1. The lowest BCUT2D eigenvalue weighted by atomic mass is 9.77. The molecule has 0 aliphatic heterocycles. The summed E-state index contributed by atoms with van der Waals surface area (Å²) in [6, 6.07) is 13.5. The molecule has 110 valence electrons. The van der Waals surface area contributed by atoms with Crippen LogP contribution in [0.1, 0.15) is 29.2 Å².